The van der Waals surface area contributed by atoms with Gasteiger partial charge in [-0.25, -0.2) is 4.68 Å². The summed E-state index contributed by atoms with van der Waals surface area (Å²) in [5.41, 5.74) is 10.6. The molecule has 0 saturated heterocycles. The van der Waals surface area contributed by atoms with Crippen molar-refractivity contribution >= 4 is 5.82 Å². The van der Waals surface area contributed by atoms with Crippen LogP contribution in [0.15, 0.2) is 72.1 Å². The number of hydrogen-bond donors (Lipinski definition) is 2. The zero-order chi connectivity index (χ0) is 17.4. The maximum Gasteiger partial charge on any atom is 0.139 e. The summed E-state index contributed by atoms with van der Waals surface area (Å²) < 4.78 is 1.85. The SMILES string of the molecule is Cc1nn(-c2ccccc2)c2c1C(c1ccccc1)C(C#N)=C(N)N2. The molecule has 3 aromatic rings. The fourth-order valence-corrected chi connectivity index (χ4v) is 3.36. The molecule has 0 radical (unpaired) electrons. The molecule has 0 bridgehead atoms. The Morgan fingerprint density at radius 3 is 2.36 bits per heavy atom. The summed E-state index contributed by atoms with van der Waals surface area (Å²) >= 11 is 0. The van der Waals surface area contributed by atoms with E-state index in [0.29, 0.717) is 11.4 Å². The van der Waals surface area contributed by atoms with Gasteiger partial charge in [-0.1, -0.05) is 48.5 Å². The molecule has 3 N–H and O–H groups in total. The van der Waals surface area contributed by atoms with E-state index in [0.717, 1.165) is 28.3 Å². The molecule has 5 nitrogen and oxygen atoms in total. The van der Waals surface area contributed by atoms with Crippen LogP contribution in [0.2, 0.25) is 0 Å². The van der Waals surface area contributed by atoms with Crippen LogP contribution in [0.1, 0.15) is 22.7 Å². The first kappa shape index (κ1) is 15.0. The Morgan fingerprint density at radius 1 is 1.08 bits per heavy atom. The molecule has 25 heavy (non-hydrogen) atoms. The van der Waals surface area contributed by atoms with Crippen LogP contribution < -0.4 is 11.1 Å². The van der Waals surface area contributed by atoms with Crippen LogP contribution in [-0.4, -0.2) is 9.78 Å². The number of nitrogens with two attached hydrogens (primary N) is 1. The number of allylic oxidation sites excluding steroid dienone is 1. The number of anilines is 1. The number of aromatic nitrogens is 2. The molecule has 1 atom stereocenters. The zero-order valence-electron chi connectivity index (χ0n) is 13.8. The minimum atomic E-state index is -0.222. The van der Waals surface area contributed by atoms with Gasteiger partial charge in [0.25, 0.3) is 0 Å². The molecule has 5 heteroatoms. The summed E-state index contributed by atoms with van der Waals surface area (Å²) in [7, 11) is 0. The number of fused-ring (bicyclic) bond motifs is 1. The van der Waals surface area contributed by atoms with Gasteiger partial charge in [-0.05, 0) is 24.6 Å². The summed E-state index contributed by atoms with van der Waals surface area (Å²) in [5.74, 6) is 0.967. The molecule has 0 amide bonds. The van der Waals surface area contributed by atoms with Gasteiger partial charge in [-0.15, -0.1) is 0 Å². The van der Waals surface area contributed by atoms with Crippen molar-refractivity contribution in [2.45, 2.75) is 12.8 Å². The van der Waals surface area contributed by atoms with Crippen molar-refractivity contribution in [3.63, 3.8) is 0 Å². The number of nitrogens with one attached hydrogen (secondary N) is 1. The van der Waals surface area contributed by atoms with E-state index in [9.17, 15) is 5.26 Å². The predicted molar refractivity (Wildman–Crippen MR) is 97.0 cm³/mol. The summed E-state index contributed by atoms with van der Waals surface area (Å²) in [6, 6.07) is 22.1. The number of rotatable bonds is 2. The number of hydrogen-bond acceptors (Lipinski definition) is 4. The summed E-state index contributed by atoms with van der Waals surface area (Å²) in [5, 5.41) is 17.6. The van der Waals surface area contributed by atoms with E-state index in [-0.39, 0.29) is 5.92 Å². The minimum absolute atomic E-state index is 0.222. The lowest BCUT2D eigenvalue weighted by atomic mass is 9.83. The quantitative estimate of drug-likeness (QED) is 0.756. The molecule has 0 spiro atoms. The van der Waals surface area contributed by atoms with Crippen molar-refractivity contribution in [1.82, 2.24) is 9.78 Å². The first-order valence-corrected chi connectivity index (χ1v) is 8.07. The van der Waals surface area contributed by atoms with Gasteiger partial charge in [0.15, 0.2) is 0 Å². The molecule has 0 saturated carbocycles. The van der Waals surface area contributed by atoms with E-state index < -0.39 is 0 Å². The Morgan fingerprint density at radius 2 is 1.72 bits per heavy atom. The summed E-state index contributed by atoms with van der Waals surface area (Å²) in [6.45, 7) is 1.96. The monoisotopic (exact) mass is 327 g/mol. The third-order valence-corrected chi connectivity index (χ3v) is 4.48. The minimum Gasteiger partial charge on any atom is -0.384 e. The fourth-order valence-electron chi connectivity index (χ4n) is 3.36. The van der Waals surface area contributed by atoms with Gasteiger partial charge in [0.1, 0.15) is 11.6 Å². The van der Waals surface area contributed by atoms with Crippen molar-refractivity contribution in [3.05, 3.63) is 88.9 Å². The molecule has 0 fully saturated rings. The first-order chi connectivity index (χ1) is 12.2. The van der Waals surface area contributed by atoms with E-state index in [1.165, 1.54) is 0 Å². The largest absolute Gasteiger partial charge is 0.384 e. The third-order valence-electron chi connectivity index (χ3n) is 4.48. The van der Waals surface area contributed by atoms with Crippen LogP contribution in [0.5, 0.6) is 0 Å². The number of nitrogens with zero attached hydrogens (tertiary/aromatic N) is 3. The van der Waals surface area contributed by atoms with Crippen molar-refractivity contribution in [2.24, 2.45) is 5.73 Å². The van der Waals surface area contributed by atoms with Crippen molar-refractivity contribution in [3.8, 4) is 11.8 Å². The van der Waals surface area contributed by atoms with Crippen molar-refractivity contribution in [2.75, 3.05) is 5.32 Å². The smallest absolute Gasteiger partial charge is 0.139 e. The fraction of sp³-hybridized carbons (Fsp3) is 0.100. The van der Waals surface area contributed by atoms with Gasteiger partial charge in [-0.2, -0.15) is 10.4 Å². The van der Waals surface area contributed by atoms with Crippen molar-refractivity contribution in [1.29, 1.82) is 5.26 Å². The van der Waals surface area contributed by atoms with Gasteiger partial charge in [0, 0.05) is 5.56 Å². The van der Waals surface area contributed by atoms with E-state index >= 15 is 0 Å². The van der Waals surface area contributed by atoms with Crippen LogP contribution in [0.3, 0.4) is 0 Å². The first-order valence-electron chi connectivity index (χ1n) is 8.07. The highest BCUT2D eigenvalue weighted by atomic mass is 15.3. The van der Waals surface area contributed by atoms with E-state index in [1.54, 1.807) is 0 Å². The Hall–Kier alpha value is -3.52. The predicted octanol–water partition coefficient (Wildman–Crippen LogP) is 3.43. The molecule has 1 unspecified atom stereocenters. The second-order valence-corrected chi connectivity index (χ2v) is 6.00. The number of aryl methyl sites for hydroxylation is 1. The van der Waals surface area contributed by atoms with Crippen LogP contribution >= 0.6 is 0 Å². The molecule has 122 valence electrons. The van der Waals surface area contributed by atoms with E-state index in [4.69, 9.17) is 10.8 Å². The highest BCUT2D eigenvalue weighted by Crippen LogP contribution is 2.42. The third kappa shape index (κ3) is 2.36. The lowest BCUT2D eigenvalue weighted by Gasteiger charge is -2.26. The second kappa shape index (κ2) is 5.84. The number of para-hydroxylation sites is 1. The van der Waals surface area contributed by atoms with Gasteiger partial charge in [0.05, 0.1) is 28.9 Å². The Labute approximate surface area is 146 Å². The number of nitriles is 1. The Balaban J connectivity index is 1.97. The van der Waals surface area contributed by atoms with Gasteiger partial charge < -0.3 is 11.1 Å². The highest BCUT2D eigenvalue weighted by Gasteiger charge is 2.34. The average Bonchev–Trinajstić information content (AvgIpc) is 2.98. The molecule has 1 aromatic heterocycles. The molecule has 2 heterocycles. The molecule has 1 aliphatic rings. The molecular weight excluding hydrogens is 310 g/mol. The summed E-state index contributed by atoms with van der Waals surface area (Å²) in [4.78, 5) is 0. The standard InChI is InChI=1S/C20H17N5/c1-13-17-18(14-8-4-2-5-9-14)16(12-21)19(22)23-20(17)25(24-13)15-10-6-3-7-11-15/h2-11,18,23H,22H2,1H3. The second-order valence-electron chi connectivity index (χ2n) is 6.00. The van der Waals surface area contributed by atoms with Crippen LogP contribution in [0, 0.1) is 18.3 Å². The molecule has 1 aliphatic heterocycles. The number of benzene rings is 2. The Kier molecular flexibility index (Phi) is 3.51. The molecule has 2 aromatic carbocycles. The lowest BCUT2D eigenvalue weighted by molar-refractivity contribution is 0.863. The molecular formula is C20H17N5. The van der Waals surface area contributed by atoms with E-state index in [2.05, 4.69) is 11.4 Å². The van der Waals surface area contributed by atoms with E-state index in [1.807, 2.05) is 72.3 Å². The maximum atomic E-state index is 9.68. The molecule has 4 rings (SSSR count). The highest BCUT2D eigenvalue weighted by molar-refractivity contribution is 5.68. The Bertz CT molecular complexity index is 994. The average molecular weight is 327 g/mol. The molecule has 0 aliphatic carbocycles. The normalized spacial score (nSPS) is 16.1. The zero-order valence-corrected chi connectivity index (χ0v) is 13.8. The van der Waals surface area contributed by atoms with Gasteiger partial charge in [0.2, 0.25) is 0 Å². The van der Waals surface area contributed by atoms with Gasteiger partial charge in [-0.3, -0.25) is 0 Å². The van der Waals surface area contributed by atoms with Gasteiger partial charge >= 0.3 is 0 Å². The van der Waals surface area contributed by atoms with Crippen LogP contribution in [0.4, 0.5) is 5.82 Å². The maximum absolute atomic E-state index is 9.68. The lowest BCUT2D eigenvalue weighted by Crippen LogP contribution is -2.24. The topological polar surface area (TPSA) is 79.7 Å². The van der Waals surface area contributed by atoms with Crippen LogP contribution in [-0.2, 0) is 0 Å². The van der Waals surface area contributed by atoms with Crippen molar-refractivity contribution < 1.29 is 0 Å². The van der Waals surface area contributed by atoms with Crippen LogP contribution in [0.25, 0.3) is 5.69 Å². The summed E-state index contributed by atoms with van der Waals surface area (Å²) in [6.07, 6.45) is 0.